The number of carbonyl (C=O) groups is 3. The van der Waals surface area contributed by atoms with Gasteiger partial charge in [-0.3, -0.25) is 9.59 Å². The molecule has 6 nitrogen and oxygen atoms in total. The number of anilines is 2. The summed E-state index contributed by atoms with van der Waals surface area (Å²) in [7, 11) is 1.25. The van der Waals surface area contributed by atoms with Crippen LogP contribution in [0.25, 0.3) is 0 Å². The molecule has 0 unspecified atom stereocenters. The van der Waals surface area contributed by atoms with Gasteiger partial charge in [0, 0.05) is 22.7 Å². The Morgan fingerprint density at radius 1 is 1.08 bits per heavy atom. The number of esters is 1. The van der Waals surface area contributed by atoms with E-state index in [2.05, 4.69) is 10.1 Å². The van der Waals surface area contributed by atoms with E-state index in [1.54, 1.807) is 18.2 Å². The molecule has 8 heteroatoms. The van der Waals surface area contributed by atoms with Crippen LogP contribution in [0.2, 0.25) is 10.0 Å². The van der Waals surface area contributed by atoms with Crippen LogP contribution in [0.3, 0.4) is 0 Å². The van der Waals surface area contributed by atoms with Gasteiger partial charge in [0.25, 0.3) is 0 Å². The van der Waals surface area contributed by atoms with Crippen LogP contribution in [0.4, 0.5) is 11.4 Å². The fourth-order valence-electron chi connectivity index (χ4n) is 2.29. The van der Waals surface area contributed by atoms with Crippen molar-refractivity contribution in [2.75, 3.05) is 23.9 Å². The minimum absolute atomic E-state index is 0.212. The third-order valence-electron chi connectivity index (χ3n) is 3.45. The van der Waals surface area contributed by atoms with Gasteiger partial charge in [-0.15, -0.1) is 0 Å². The molecule has 0 heterocycles. The lowest BCUT2D eigenvalue weighted by molar-refractivity contribution is -0.120. The van der Waals surface area contributed by atoms with Crippen LogP contribution < -0.4 is 10.2 Å². The highest BCUT2D eigenvalue weighted by Gasteiger charge is 2.19. The van der Waals surface area contributed by atoms with Crippen molar-refractivity contribution in [1.29, 1.82) is 0 Å². The first kappa shape index (κ1) is 19.8. The van der Waals surface area contributed by atoms with E-state index in [4.69, 9.17) is 23.2 Å². The number of rotatable bonds is 5. The monoisotopic (exact) mass is 394 g/mol. The molecule has 0 saturated carbocycles. The maximum Gasteiger partial charge on any atom is 0.339 e. The number of nitrogens with one attached hydrogen (secondary N) is 1. The first-order chi connectivity index (χ1) is 12.3. The molecule has 0 fully saturated rings. The fraction of sp³-hybridized carbons (Fsp3) is 0.167. The van der Waals surface area contributed by atoms with Crippen molar-refractivity contribution < 1.29 is 19.1 Å². The molecule has 0 radical (unpaired) electrons. The lowest BCUT2D eigenvalue weighted by Crippen LogP contribution is -2.36. The van der Waals surface area contributed by atoms with Gasteiger partial charge in [-0.2, -0.15) is 0 Å². The van der Waals surface area contributed by atoms with Crippen LogP contribution in [0.1, 0.15) is 17.3 Å². The van der Waals surface area contributed by atoms with Gasteiger partial charge in [-0.25, -0.2) is 4.79 Å². The number of amides is 2. The van der Waals surface area contributed by atoms with Crippen LogP contribution in [0.5, 0.6) is 0 Å². The Labute approximate surface area is 160 Å². The summed E-state index contributed by atoms with van der Waals surface area (Å²) in [6.45, 7) is 1.05. The Kier molecular flexibility index (Phi) is 6.60. The fourth-order valence-corrected chi connectivity index (χ4v) is 2.81. The molecule has 1 N–H and O–H groups in total. The van der Waals surface area contributed by atoms with Gasteiger partial charge in [-0.1, -0.05) is 35.3 Å². The van der Waals surface area contributed by atoms with Gasteiger partial charge in [0.2, 0.25) is 11.8 Å². The first-order valence-electron chi connectivity index (χ1n) is 7.53. The van der Waals surface area contributed by atoms with Gasteiger partial charge in [-0.05, 0) is 30.3 Å². The summed E-state index contributed by atoms with van der Waals surface area (Å²) >= 11 is 11.9. The zero-order valence-corrected chi connectivity index (χ0v) is 15.6. The third-order valence-corrected chi connectivity index (χ3v) is 3.88. The SMILES string of the molecule is COC(=O)c1ccccc1NC(=O)CN(C(C)=O)c1cc(Cl)cc(Cl)c1. The highest BCUT2D eigenvalue weighted by molar-refractivity contribution is 6.35. The quantitative estimate of drug-likeness (QED) is 0.782. The normalized spacial score (nSPS) is 10.2. The molecule has 0 spiro atoms. The predicted octanol–water partition coefficient (Wildman–Crippen LogP) is 3.77. The lowest BCUT2D eigenvalue weighted by Gasteiger charge is -2.21. The number of methoxy groups -OCH3 is 1. The second-order valence-electron chi connectivity index (χ2n) is 5.32. The summed E-state index contributed by atoms with van der Waals surface area (Å²) in [5.41, 5.74) is 0.895. The number of hydrogen-bond donors (Lipinski definition) is 1. The number of carbonyl (C=O) groups excluding carboxylic acids is 3. The van der Waals surface area contributed by atoms with E-state index in [9.17, 15) is 14.4 Å². The summed E-state index contributed by atoms with van der Waals surface area (Å²) in [5.74, 6) is -1.43. The number of benzene rings is 2. The number of ether oxygens (including phenoxy) is 1. The van der Waals surface area contributed by atoms with Gasteiger partial charge in [0.05, 0.1) is 18.4 Å². The minimum Gasteiger partial charge on any atom is -0.465 e. The average molecular weight is 395 g/mol. The van der Waals surface area contributed by atoms with E-state index in [-0.39, 0.29) is 23.7 Å². The van der Waals surface area contributed by atoms with Gasteiger partial charge >= 0.3 is 5.97 Å². The molecule has 0 aliphatic carbocycles. The van der Waals surface area contributed by atoms with Crippen LogP contribution in [0, 0.1) is 0 Å². The van der Waals surface area contributed by atoms with Crippen LogP contribution >= 0.6 is 23.2 Å². The number of hydrogen-bond acceptors (Lipinski definition) is 4. The highest BCUT2D eigenvalue weighted by Crippen LogP contribution is 2.26. The molecule has 0 aliphatic rings. The minimum atomic E-state index is -0.578. The van der Waals surface area contributed by atoms with Gasteiger partial charge < -0.3 is 15.0 Å². The zero-order chi connectivity index (χ0) is 19.3. The van der Waals surface area contributed by atoms with Crippen molar-refractivity contribution in [2.45, 2.75) is 6.92 Å². The van der Waals surface area contributed by atoms with E-state index in [0.717, 1.165) is 0 Å². The van der Waals surface area contributed by atoms with Crippen molar-refractivity contribution in [1.82, 2.24) is 0 Å². The molecule has 0 atom stereocenters. The maximum atomic E-state index is 12.4. The standard InChI is InChI=1S/C18H16Cl2N2O4/c1-11(23)22(14-8-12(19)7-13(20)9-14)10-17(24)21-16-6-4-3-5-15(16)18(25)26-2/h3-9H,10H2,1-2H3,(H,21,24). The Balaban J connectivity index is 2.22. The van der Waals surface area contributed by atoms with Crippen LogP contribution in [0.15, 0.2) is 42.5 Å². The molecule has 2 aromatic rings. The Morgan fingerprint density at radius 2 is 1.69 bits per heavy atom. The second-order valence-corrected chi connectivity index (χ2v) is 6.19. The second kappa shape index (κ2) is 8.69. The lowest BCUT2D eigenvalue weighted by atomic mass is 10.2. The molecule has 0 aromatic heterocycles. The molecule has 0 saturated heterocycles. The van der Waals surface area contributed by atoms with Crippen molar-refractivity contribution in [3.63, 3.8) is 0 Å². The highest BCUT2D eigenvalue weighted by atomic mass is 35.5. The molecule has 2 rings (SSSR count). The molecule has 2 aromatic carbocycles. The van der Waals surface area contributed by atoms with Crippen molar-refractivity contribution in [3.05, 3.63) is 58.1 Å². The third kappa shape index (κ3) is 4.97. The summed E-state index contributed by atoms with van der Waals surface area (Å²) in [4.78, 5) is 37.4. The van der Waals surface area contributed by atoms with Gasteiger partial charge in [0.1, 0.15) is 6.54 Å². The van der Waals surface area contributed by atoms with Crippen molar-refractivity contribution in [2.24, 2.45) is 0 Å². The first-order valence-corrected chi connectivity index (χ1v) is 8.29. The van der Waals surface area contributed by atoms with E-state index >= 15 is 0 Å². The van der Waals surface area contributed by atoms with E-state index in [1.807, 2.05) is 0 Å². The number of para-hydroxylation sites is 1. The van der Waals surface area contributed by atoms with E-state index in [0.29, 0.717) is 15.7 Å². The molecule has 136 valence electrons. The van der Waals surface area contributed by atoms with Crippen LogP contribution in [-0.2, 0) is 14.3 Å². The largest absolute Gasteiger partial charge is 0.465 e. The van der Waals surface area contributed by atoms with E-state index in [1.165, 1.54) is 43.2 Å². The molecule has 0 aliphatic heterocycles. The summed E-state index contributed by atoms with van der Waals surface area (Å²) in [6, 6.07) is 11.0. The average Bonchev–Trinajstić information content (AvgIpc) is 2.58. The Morgan fingerprint density at radius 3 is 2.27 bits per heavy atom. The Hall–Kier alpha value is -2.57. The van der Waals surface area contributed by atoms with Crippen molar-refractivity contribution in [3.8, 4) is 0 Å². The molecular formula is C18H16Cl2N2O4. The summed E-state index contributed by atoms with van der Waals surface area (Å²) < 4.78 is 4.69. The molecular weight excluding hydrogens is 379 g/mol. The molecule has 0 bridgehead atoms. The van der Waals surface area contributed by atoms with Crippen LogP contribution in [-0.4, -0.2) is 31.4 Å². The molecule has 2 amide bonds. The smallest absolute Gasteiger partial charge is 0.339 e. The topological polar surface area (TPSA) is 75.7 Å². The zero-order valence-electron chi connectivity index (χ0n) is 14.1. The summed E-state index contributed by atoms with van der Waals surface area (Å²) in [6.07, 6.45) is 0. The predicted molar refractivity (Wildman–Crippen MR) is 101 cm³/mol. The van der Waals surface area contributed by atoms with Crippen molar-refractivity contribution >= 4 is 52.4 Å². The maximum absolute atomic E-state index is 12.4. The van der Waals surface area contributed by atoms with E-state index < -0.39 is 11.9 Å². The Bertz CT molecular complexity index is 835. The summed E-state index contributed by atoms with van der Waals surface area (Å²) in [5, 5.41) is 3.30. The number of halogens is 2. The molecule has 26 heavy (non-hydrogen) atoms. The van der Waals surface area contributed by atoms with Gasteiger partial charge in [0.15, 0.2) is 0 Å². The number of nitrogens with zero attached hydrogens (tertiary/aromatic N) is 1.